The number of nitrogens with zero attached hydrogens (tertiary/aromatic N) is 7. The van der Waals surface area contributed by atoms with Gasteiger partial charge in [0.25, 0.3) is 0 Å². The number of aromatic nitrogens is 8. The summed E-state index contributed by atoms with van der Waals surface area (Å²) in [6.45, 7) is 4.76. The molecule has 34 heavy (non-hydrogen) atoms. The highest BCUT2D eigenvalue weighted by Crippen LogP contribution is 2.30. The molecule has 0 aliphatic carbocycles. The molecule has 0 saturated heterocycles. The van der Waals surface area contributed by atoms with Crippen LogP contribution < -0.4 is 0 Å². The molecule has 0 unspecified atom stereocenters. The molecule has 0 spiro atoms. The molecule has 0 radical (unpaired) electrons. The van der Waals surface area contributed by atoms with Crippen molar-refractivity contribution in [3.8, 4) is 22.6 Å². The zero-order valence-corrected chi connectivity index (χ0v) is 20.0. The first kappa shape index (κ1) is 23.7. The van der Waals surface area contributed by atoms with Crippen molar-refractivity contribution in [2.75, 3.05) is 14.2 Å². The summed E-state index contributed by atoms with van der Waals surface area (Å²) in [7, 11) is 3.27. The fraction of sp³-hybridized carbons (Fsp3) is 0.417. The zero-order chi connectivity index (χ0) is 24.0. The number of hydrogen-bond acceptors (Lipinski definition) is 8. The van der Waals surface area contributed by atoms with Gasteiger partial charge in [0.2, 0.25) is 17.4 Å². The molecule has 0 fully saturated rings. The second-order valence-electron chi connectivity index (χ2n) is 8.00. The molecular weight excluding hydrogens is 432 g/mol. The van der Waals surface area contributed by atoms with Crippen LogP contribution in [0, 0.1) is 0 Å². The lowest BCUT2D eigenvalue weighted by Gasteiger charge is -2.27. The van der Waals surface area contributed by atoms with E-state index in [0.29, 0.717) is 24.6 Å². The van der Waals surface area contributed by atoms with Crippen molar-refractivity contribution in [2.45, 2.75) is 51.9 Å². The van der Waals surface area contributed by atoms with E-state index in [9.17, 15) is 0 Å². The summed E-state index contributed by atoms with van der Waals surface area (Å²) in [6.07, 6.45) is 5.20. The monoisotopic (exact) mass is 462 g/mol. The number of H-pyrrole nitrogens is 1. The van der Waals surface area contributed by atoms with E-state index >= 15 is 0 Å². The van der Waals surface area contributed by atoms with Gasteiger partial charge in [-0.3, -0.25) is 4.98 Å². The lowest BCUT2D eigenvalue weighted by molar-refractivity contribution is -0.225. The van der Waals surface area contributed by atoms with Crippen LogP contribution in [0.3, 0.4) is 0 Å². The maximum absolute atomic E-state index is 5.73. The summed E-state index contributed by atoms with van der Waals surface area (Å²) in [4.78, 5) is 9.50. The van der Waals surface area contributed by atoms with Crippen molar-refractivity contribution in [1.29, 1.82) is 0 Å². The largest absolute Gasteiger partial charge is 0.347 e. The minimum Gasteiger partial charge on any atom is -0.347 e. The Hall–Kier alpha value is -3.50. The standard InChI is InChI=1S/C24H30N8O2/c1-5-9-21-26-23(24(33-3,34-4)14-6-2)29-32(21)16-17-12-13-20(25-15-17)18-10-7-8-11-19(18)22-27-30-31-28-22/h7-8,10-13,15H,5-6,9,14,16H2,1-4H3,(H,27,28,30,31). The second-order valence-corrected chi connectivity index (χ2v) is 8.00. The summed E-state index contributed by atoms with van der Waals surface area (Å²) in [5.41, 5.74) is 3.66. The molecule has 178 valence electrons. The second kappa shape index (κ2) is 10.6. The van der Waals surface area contributed by atoms with Crippen molar-refractivity contribution >= 4 is 0 Å². The molecule has 0 atom stereocenters. The molecule has 0 bridgehead atoms. The van der Waals surface area contributed by atoms with Crippen molar-refractivity contribution in [1.82, 2.24) is 40.4 Å². The number of hydrogen-bond donors (Lipinski definition) is 1. The molecule has 10 heteroatoms. The Labute approximate surface area is 198 Å². The number of rotatable bonds is 11. The minimum absolute atomic E-state index is 0.535. The third kappa shape index (κ3) is 4.73. The fourth-order valence-electron chi connectivity index (χ4n) is 4.01. The van der Waals surface area contributed by atoms with Gasteiger partial charge in [-0.05, 0) is 23.3 Å². The molecule has 0 aliphatic rings. The van der Waals surface area contributed by atoms with Crippen LogP contribution in [0.25, 0.3) is 22.6 Å². The van der Waals surface area contributed by atoms with Crippen molar-refractivity contribution in [3.63, 3.8) is 0 Å². The quantitative estimate of drug-likeness (QED) is 0.335. The number of nitrogens with one attached hydrogen (secondary N) is 1. The van der Waals surface area contributed by atoms with Crippen LogP contribution in [0.15, 0.2) is 42.6 Å². The third-order valence-corrected chi connectivity index (χ3v) is 5.75. The van der Waals surface area contributed by atoms with E-state index in [0.717, 1.165) is 47.5 Å². The highest BCUT2D eigenvalue weighted by Gasteiger charge is 2.36. The maximum Gasteiger partial charge on any atom is 0.231 e. The Morgan fingerprint density at radius 3 is 2.41 bits per heavy atom. The summed E-state index contributed by atoms with van der Waals surface area (Å²) in [5, 5.41) is 19.2. The summed E-state index contributed by atoms with van der Waals surface area (Å²) >= 11 is 0. The Kier molecular flexibility index (Phi) is 7.39. The van der Waals surface area contributed by atoms with Crippen LogP contribution in [-0.4, -0.2) is 54.6 Å². The molecule has 0 amide bonds. The Morgan fingerprint density at radius 2 is 1.79 bits per heavy atom. The zero-order valence-electron chi connectivity index (χ0n) is 20.0. The molecule has 3 aromatic heterocycles. The molecule has 10 nitrogen and oxygen atoms in total. The van der Waals surface area contributed by atoms with Gasteiger partial charge in [-0.1, -0.05) is 50.6 Å². The van der Waals surface area contributed by atoms with Gasteiger partial charge < -0.3 is 9.47 Å². The molecule has 4 aromatic rings. The highest BCUT2D eigenvalue weighted by atomic mass is 16.7. The van der Waals surface area contributed by atoms with Gasteiger partial charge in [0.1, 0.15) is 5.82 Å². The lowest BCUT2D eigenvalue weighted by Crippen LogP contribution is -2.32. The number of ether oxygens (including phenoxy) is 2. The number of pyridine rings is 1. The minimum atomic E-state index is -0.941. The fourth-order valence-corrected chi connectivity index (χ4v) is 4.01. The first-order chi connectivity index (χ1) is 16.6. The van der Waals surface area contributed by atoms with E-state index in [1.807, 2.05) is 41.2 Å². The van der Waals surface area contributed by atoms with Crippen LogP contribution in [-0.2, 0) is 28.2 Å². The third-order valence-electron chi connectivity index (χ3n) is 5.75. The molecule has 4 rings (SSSR count). The summed E-state index contributed by atoms with van der Waals surface area (Å²) < 4.78 is 13.4. The van der Waals surface area contributed by atoms with Crippen LogP contribution in [0.1, 0.15) is 50.3 Å². The maximum atomic E-state index is 5.73. The van der Waals surface area contributed by atoms with Crippen molar-refractivity contribution < 1.29 is 9.47 Å². The van der Waals surface area contributed by atoms with E-state index < -0.39 is 5.79 Å². The van der Waals surface area contributed by atoms with E-state index in [2.05, 4.69) is 40.5 Å². The predicted octanol–water partition coefficient (Wildman–Crippen LogP) is 3.77. The van der Waals surface area contributed by atoms with E-state index in [1.54, 1.807) is 14.2 Å². The van der Waals surface area contributed by atoms with Crippen molar-refractivity contribution in [2.24, 2.45) is 0 Å². The molecule has 0 aliphatic heterocycles. The van der Waals surface area contributed by atoms with Gasteiger partial charge in [-0.25, -0.2) is 9.67 Å². The SMILES string of the molecule is CCCc1nc(C(CCC)(OC)OC)nn1Cc1ccc(-c2ccccc2-c2nn[nH]n2)nc1. The van der Waals surface area contributed by atoms with Crippen LogP contribution in [0.5, 0.6) is 0 Å². The normalized spacial score (nSPS) is 11.8. The van der Waals surface area contributed by atoms with E-state index in [1.165, 1.54) is 0 Å². The number of benzene rings is 1. The predicted molar refractivity (Wildman–Crippen MR) is 127 cm³/mol. The van der Waals surface area contributed by atoms with E-state index in [4.69, 9.17) is 24.5 Å². The van der Waals surface area contributed by atoms with Gasteiger partial charge in [0, 0.05) is 44.4 Å². The highest BCUT2D eigenvalue weighted by molar-refractivity contribution is 5.78. The molecule has 0 saturated carbocycles. The average Bonchev–Trinajstić information content (AvgIpc) is 3.55. The van der Waals surface area contributed by atoms with Gasteiger partial charge in [0.15, 0.2) is 0 Å². The van der Waals surface area contributed by atoms with E-state index in [-0.39, 0.29) is 0 Å². The topological polar surface area (TPSA) is 117 Å². The molecular formula is C24H30N8O2. The van der Waals surface area contributed by atoms with Gasteiger partial charge in [0.05, 0.1) is 12.2 Å². The van der Waals surface area contributed by atoms with Crippen molar-refractivity contribution in [3.05, 3.63) is 59.8 Å². The molecule has 1 aromatic carbocycles. The number of aryl methyl sites for hydroxylation is 1. The summed E-state index contributed by atoms with van der Waals surface area (Å²) in [6, 6.07) is 11.9. The van der Waals surface area contributed by atoms with Crippen LogP contribution in [0.2, 0.25) is 0 Å². The van der Waals surface area contributed by atoms with Crippen LogP contribution >= 0.6 is 0 Å². The van der Waals surface area contributed by atoms with Gasteiger partial charge in [-0.2, -0.15) is 5.21 Å². The van der Waals surface area contributed by atoms with Crippen LogP contribution in [0.4, 0.5) is 0 Å². The first-order valence-electron chi connectivity index (χ1n) is 11.5. The average molecular weight is 463 g/mol. The summed E-state index contributed by atoms with van der Waals surface area (Å²) in [5.74, 6) is 1.05. The molecule has 1 N–H and O–H groups in total. The number of tetrazole rings is 1. The Balaban J connectivity index is 1.62. The number of methoxy groups -OCH3 is 2. The van der Waals surface area contributed by atoms with Gasteiger partial charge in [-0.15, -0.1) is 15.3 Å². The smallest absolute Gasteiger partial charge is 0.231 e. The number of aromatic amines is 1. The Morgan fingerprint density at radius 1 is 1.00 bits per heavy atom. The Bertz CT molecular complexity index is 1180. The lowest BCUT2D eigenvalue weighted by atomic mass is 10.0. The first-order valence-corrected chi connectivity index (χ1v) is 11.5. The molecule has 3 heterocycles. The van der Waals surface area contributed by atoms with Gasteiger partial charge >= 0.3 is 0 Å².